The predicted octanol–water partition coefficient (Wildman–Crippen LogP) is 4.54. The molecule has 0 N–H and O–H groups in total. The van der Waals surface area contributed by atoms with E-state index >= 15 is 0 Å². The Hall–Kier alpha value is -0.770. The van der Waals surface area contributed by atoms with Crippen molar-refractivity contribution in [1.29, 1.82) is 0 Å². The number of fused-ring (bicyclic) bond motifs is 1. The zero-order chi connectivity index (χ0) is 15.2. The Morgan fingerprint density at radius 2 is 1.86 bits per heavy atom. The molecule has 1 aromatic heterocycles. The van der Waals surface area contributed by atoms with Crippen molar-refractivity contribution >= 4 is 57.7 Å². The lowest BCUT2D eigenvalue weighted by molar-refractivity contribution is -0.147. The summed E-state index contributed by atoms with van der Waals surface area (Å²) in [7, 11) is 0. The molecule has 0 saturated carbocycles. The van der Waals surface area contributed by atoms with Gasteiger partial charge in [0.2, 0.25) is 5.16 Å². The maximum atomic E-state index is 12.8. The summed E-state index contributed by atoms with van der Waals surface area (Å²) in [5.74, 6) is -0.782. The predicted molar refractivity (Wildman–Crippen MR) is 84.5 cm³/mol. The number of hydrogen-bond acceptors (Lipinski definition) is 4. The highest BCUT2D eigenvalue weighted by Gasteiger charge is 2.39. The summed E-state index contributed by atoms with van der Waals surface area (Å²) in [5, 5.41) is 11.4. The Labute approximate surface area is 147 Å². The highest BCUT2D eigenvalue weighted by Crippen LogP contribution is 2.33. The van der Waals surface area contributed by atoms with E-state index in [-0.39, 0.29) is 22.1 Å². The third-order valence-electron chi connectivity index (χ3n) is 2.68. The van der Waals surface area contributed by atoms with Crippen molar-refractivity contribution in [3.8, 4) is 0 Å². The van der Waals surface area contributed by atoms with Gasteiger partial charge in [0.05, 0.1) is 15.8 Å². The van der Waals surface area contributed by atoms with Crippen molar-refractivity contribution in [1.82, 2.24) is 14.9 Å². The minimum absolute atomic E-state index is 0. The molecule has 0 aliphatic carbocycles. The molecule has 0 unspecified atom stereocenters. The lowest BCUT2D eigenvalue weighted by Gasteiger charge is -2.14. The van der Waals surface area contributed by atoms with Crippen LogP contribution in [-0.4, -0.2) is 26.3 Å². The van der Waals surface area contributed by atoms with Gasteiger partial charge in [-0.15, -0.1) is 27.2 Å². The smallest absolute Gasteiger partial charge is 0.182 e. The molecule has 1 aliphatic rings. The van der Waals surface area contributed by atoms with Crippen LogP contribution in [-0.2, 0) is 6.18 Å². The molecule has 0 fully saturated rings. The Morgan fingerprint density at radius 1 is 1.14 bits per heavy atom. The molecule has 118 valence electrons. The van der Waals surface area contributed by atoms with Gasteiger partial charge in [0, 0.05) is 11.3 Å². The van der Waals surface area contributed by atoms with Crippen LogP contribution in [0.4, 0.5) is 13.2 Å². The average molecular weight is 434 g/mol. The van der Waals surface area contributed by atoms with Crippen LogP contribution in [0.1, 0.15) is 11.4 Å². The van der Waals surface area contributed by atoms with Crippen molar-refractivity contribution in [2.24, 2.45) is 5.10 Å². The van der Waals surface area contributed by atoms with E-state index in [0.29, 0.717) is 31.7 Å². The fourth-order valence-corrected chi connectivity index (χ4v) is 2.86. The molecule has 0 radical (unpaired) electrons. The molecule has 0 spiro atoms. The Morgan fingerprint density at radius 3 is 2.50 bits per heavy atom. The van der Waals surface area contributed by atoms with Crippen molar-refractivity contribution in [2.75, 3.05) is 5.75 Å². The van der Waals surface area contributed by atoms with Crippen LogP contribution in [0.2, 0.25) is 10.0 Å². The molecule has 1 aromatic carbocycles. The zero-order valence-electron chi connectivity index (χ0n) is 10.4. The number of aromatic nitrogens is 3. The van der Waals surface area contributed by atoms with Gasteiger partial charge < -0.3 is 0 Å². The molecule has 22 heavy (non-hydrogen) atoms. The molecule has 11 heteroatoms. The van der Waals surface area contributed by atoms with Crippen LogP contribution in [0.15, 0.2) is 28.5 Å². The third-order valence-corrected chi connectivity index (χ3v) is 4.35. The number of nitrogens with zero attached hydrogens (tertiary/aromatic N) is 4. The summed E-state index contributed by atoms with van der Waals surface area (Å²) in [4.78, 5) is 0. The third kappa shape index (κ3) is 3.27. The summed E-state index contributed by atoms with van der Waals surface area (Å²) >= 11 is 12.8. The Kier molecular flexibility index (Phi) is 5.10. The second-order valence-corrected chi connectivity index (χ2v) is 5.84. The average Bonchev–Trinajstić information content (AvgIpc) is 2.84. The largest absolute Gasteiger partial charge is 0.453 e. The molecule has 2 aromatic rings. The molecular weight excluding hydrogens is 428 g/mol. The lowest BCUT2D eigenvalue weighted by Crippen LogP contribution is -2.18. The summed E-state index contributed by atoms with van der Waals surface area (Å²) in [5.41, 5.74) is 1.04. The van der Waals surface area contributed by atoms with E-state index in [1.165, 1.54) is 0 Å². The Balaban J connectivity index is 0.00000176. The van der Waals surface area contributed by atoms with E-state index in [1.807, 2.05) is 0 Å². The van der Waals surface area contributed by atoms with Crippen LogP contribution >= 0.6 is 51.9 Å². The minimum atomic E-state index is -4.62. The maximum Gasteiger partial charge on any atom is 0.453 e. The van der Waals surface area contributed by atoms with Crippen LogP contribution in [0.3, 0.4) is 0 Å². The number of benzene rings is 1. The normalized spacial score (nSPS) is 14.1. The molecule has 4 nitrogen and oxygen atoms in total. The van der Waals surface area contributed by atoms with Gasteiger partial charge in [-0.25, -0.2) is 0 Å². The van der Waals surface area contributed by atoms with E-state index in [4.69, 9.17) is 23.2 Å². The topological polar surface area (TPSA) is 43.1 Å². The number of halogens is 6. The summed E-state index contributed by atoms with van der Waals surface area (Å²) in [6, 6.07) is 4.78. The molecule has 3 rings (SSSR count). The van der Waals surface area contributed by atoms with Gasteiger partial charge in [-0.2, -0.15) is 22.9 Å². The Bertz CT molecular complexity index is 747. The standard InChI is InChI=1S/C11H5Cl2F3N4S.BrH/c12-6-2-1-5(3-7(6)13)8-4-21-10-18-17-9(11(14,15)16)20(10)19-8;/h1-3H,4H2;1H. The second kappa shape index (κ2) is 6.38. The second-order valence-electron chi connectivity index (χ2n) is 4.08. The fourth-order valence-electron chi connectivity index (χ4n) is 1.72. The molecule has 0 amide bonds. The molecular formula is C11H6BrCl2F3N4S. The fraction of sp³-hybridized carbons (Fsp3) is 0.182. The first-order chi connectivity index (χ1) is 9.86. The minimum Gasteiger partial charge on any atom is -0.182 e. The van der Waals surface area contributed by atoms with Crippen molar-refractivity contribution < 1.29 is 13.2 Å². The van der Waals surface area contributed by atoms with Gasteiger partial charge in [-0.1, -0.05) is 41.0 Å². The monoisotopic (exact) mass is 432 g/mol. The number of alkyl halides is 3. The highest BCUT2D eigenvalue weighted by atomic mass is 79.9. The van der Waals surface area contributed by atoms with Crippen molar-refractivity contribution in [3.05, 3.63) is 39.6 Å². The number of thioether (sulfide) groups is 1. The van der Waals surface area contributed by atoms with Gasteiger partial charge in [-0.3, -0.25) is 0 Å². The first kappa shape index (κ1) is 17.6. The van der Waals surface area contributed by atoms with Gasteiger partial charge in [0.25, 0.3) is 5.82 Å². The van der Waals surface area contributed by atoms with E-state index in [2.05, 4.69) is 15.3 Å². The first-order valence-corrected chi connectivity index (χ1v) is 7.29. The van der Waals surface area contributed by atoms with Crippen LogP contribution < -0.4 is 0 Å². The molecule has 0 saturated heterocycles. The molecule has 0 atom stereocenters. The summed E-state index contributed by atoms with van der Waals surface area (Å²) in [6.07, 6.45) is -4.62. The van der Waals surface area contributed by atoms with Crippen LogP contribution in [0.25, 0.3) is 0 Å². The molecule has 0 bridgehead atoms. The quantitative estimate of drug-likeness (QED) is 0.663. The lowest BCUT2D eigenvalue weighted by atomic mass is 10.1. The highest BCUT2D eigenvalue weighted by molar-refractivity contribution is 8.93. The van der Waals surface area contributed by atoms with Gasteiger partial charge in [0.15, 0.2) is 0 Å². The molecule has 1 aliphatic heterocycles. The number of hydrogen-bond donors (Lipinski definition) is 0. The van der Waals surface area contributed by atoms with Crippen LogP contribution in [0.5, 0.6) is 0 Å². The van der Waals surface area contributed by atoms with Gasteiger partial charge >= 0.3 is 6.18 Å². The molecule has 2 heterocycles. The van der Waals surface area contributed by atoms with Gasteiger partial charge in [0.1, 0.15) is 0 Å². The SMILES string of the molecule is Br.FC(F)(F)c1nnc2n1N=C(c1ccc(Cl)c(Cl)c1)CS2. The summed E-state index contributed by atoms with van der Waals surface area (Å²) < 4.78 is 39.1. The van der Waals surface area contributed by atoms with E-state index in [9.17, 15) is 13.2 Å². The van der Waals surface area contributed by atoms with E-state index in [1.54, 1.807) is 18.2 Å². The zero-order valence-corrected chi connectivity index (χ0v) is 14.5. The van der Waals surface area contributed by atoms with E-state index in [0.717, 1.165) is 11.8 Å². The van der Waals surface area contributed by atoms with Crippen molar-refractivity contribution in [2.45, 2.75) is 11.3 Å². The van der Waals surface area contributed by atoms with Crippen molar-refractivity contribution in [3.63, 3.8) is 0 Å². The first-order valence-electron chi connectivity index (χ1n) is 5.55. The van der Waals surface area contributed by atoms with Crippen LogP contribution in [0, 0.1) is 0 Å². The summed E-state index contributed by atoms with van der Waals surface area (Å²) in [6.45, 7) is 0. The van der Waals surface area contributed by atoms with E-state index < -0.39 is 12.0 Å². The maximum absolute atomic E-state index is 12.8. The van der Waals surface area contributed by atoms with Gasteiger partial charge in [-0.05, 0) is 12.1 Å². The number of rotatable bonds is 1.